The van der Waals surface area contributed by atoms with E-state index < -0.39 is 92.7 Å². The van der Waals surface area contributed by atoms with Crippen molar-refractivity contribution in [2.24, 2.45) is 17.6 Å². The van der Waals surface area contributed by atoms with Gasteiger partial charge in [0.25, 0.3) is 5.91 Å². The summed E-state index contributed by atoms with van der Waals surface area (Å²) < 4.78 is -0.474. The average molecular weight is 875 g/mol. The fourth-order valence-corrected chi connectivity index (χ4v) is 11.7. The predicted molar refractivity (Wildman–Crippen MR) is 228 cm³/mol. The van der Waals surface area contributed by atoms with Crippen LogP contribution in [0.4, 0.5) is 0 Å². The van der Waals surface area contributed by atoms with Crippen LogP contribution in [0.5, 0.6) is 0 Å². The standard InChI is InChI=1S/C42H62N6O10S2/c1-7-15-29(43)34(50)39(55)48(38(54)31-23-41(24-44-31)59-20-14-21-60-41)33(36(52)42(40(56)57,47(5)58-6)28-18-12-9-13-19-28)35(51)32(27-16-10-8-11-17-27)46-37(53)30(22-25(2)3)45-26(4)49/h9,12-13,18-19,25,27,29-33,44H,7-8,10-11,14-17,20-24,43H2,1-6H3,(H,45,49)(H,46,53)(H,56,57)/t29-,30-,31?,32-,33?,42?/m0/s1. The quantitative estimate of drug-likeness (QED) is 0.0720. The largest absolute Gasteiger partial charge is 0.479 e. The third kappa shape index (κ3) is 11.0. The van der Waals surface area contributed by atoms with E-state index in [-0.39, 0.29) is 30.7 Å². The van der Waals surface area contributed by atoms with Crippen LogP contribution in [-0.2, 0) is 48.7 Å². The molecule has 3 aliphatic rings. The van der Waals surface area contributed by atoms with Gasteiger partial charge in [-0.15, -0.1) is 23.5 Å². The number of thioether (sulfide) groups is 2. The number of hydroxylamine groups is 2. The number of ketones is 3. The number of aliphatic carboxylic acids is 1. The van der Waals surface area contributed by atoms with Crippen molar-refractivity contribution in [2.45, 2.75) is 132 Å². The van der Waals surface area contributed by atoms with Crippen LogP contribution in [-0.4, -0.2) is 129 Å². The summed E-state index contributed by atoms with van der Waals surface area (Å²) in [5.41, 5.74) is 3.16. The van der Waals surface area contributed by atoms with Gasteiger partial charge in [-0.2, -0.15) is 5.06 Å². The lowest BCUT2D eigenvalue weighted by atomic mass is 9.75. The molecule has 1 aromatic carbocycles. The second kappa shape index (κ2) is 21.9. The van der Waals surface area contributed by atoms with Gasteiger partial charge in [0.2, 0.25) is 34.8 Å². The number of Topliss-reactive ketones (excluding diaryl/α,β-unsaturated/α-hetero) is 3. The molecule has 0 bridgehead atoms. The molecule has 4 rings (SSSR count). The highest BCUT2D eigenvalue weighted by Crippen LogP contribution is 2.48. The Morgan fingerprint density at radius 1 is 1.00 bits per heavy atom. The van der Waals surface area contributed by atoms with Gasteiger partial charge >= 0.3 is 5.97 Å². The second-order valence-electron chi connectivity index (χ2n) is 16.4. The average Bonchev–Trinajstić information content (AvgIpc) is 3.63. The van der Waals surface area contributed by atoms with Gasteiger partial charge in [-0.1, -0.05) is 76.8 Å². The summed E-state index contributed by atoms with van der Waals surface area (Å²) >= 11 is 3.31. The molecule has 16 nitrogen and oxygen atoms in total. The van der Waals surface area contributed by atoms with E-state index in [1.165, 1.54) is 38.2 Å². The smallest absolute Gasteiger partial charge is 0.339 e. The van der Waals surface area contributed by atoms with Gasteiger partial charge in [0, 0.05) is 20.5 Å². The molecular formula is C42H62N6O10S2. The van der Waals surface area contributed by atoms with Crippen molar-refractivity contribution in [2.75, 3.05) is 32.2 Å². The maximum atomic E-state index is 15.8. The number of nitrogens with one attached hydrogen (secondary N) is 3. The normalized spacial score (nSPS) is 21.0. The highest BCUT2D eigenvalue weighted by Gasteiger charge is 2.61. The molecule has 2 heterocycles. The number of nitrogens with zero attached hydrogens (tertiary/aromatic N) is 2. The number of amides is 4. The van der Waals surface area contributed by atoms with Crippen LogP contribution in [0.25, 0.3) is 0 Å². The fraction of sp³-hybridized carbons (Fsp3) is 0.667. The molecule has 0 radical (unpaired) electrons. The number of carbonyl (C=O) groups is 8. The number of nitrogens with two attached hydrogens (primary N) is 1. The van der Waals surface area contributed by atoms with E-state index in [9.17, 15) is 29.1 Å². The zero-order valence-electron chi connectivity index (χ0n) is 35.5. The molecule has 0 aromatic heterocycles. The minimum Gasteiger partial charge on any atom is -0.479 e. The minimum atomic E-state index is -2.89. The topological polar surface area (TPSA) is 235 Å². The van der Waals surface area contributed by atoms with Gasteiger partial charge < -0.3 is 31.6 Å². The van der Waals surface area contributed by atoms with Crippen LogP contribution >= 0.6 is 23.5 Å². The lowest BCUT2D eigenvalue weighted by Gasteiger charge is -2.42. The van der Waals surface area contributed by atoms with Gasteiger partial charge in [-0.05, 0) is 67.4 Å². The fourth-order valence-electron chi connectivity index (χ4n) is 8.47. The molecule has 18 heteroatoms. The first-order chi connectivity index (χ1) is 28.4. The maximum absolute atomic E-state index is 15.8. The van der Waals surface area contributed by atoms with Crippen molar-refractivity contribution in [1.29, 1.82) is 0 Å². The Balaban J connectivity index is 2.03. The molecule has 3 unspecified atom stereocenters. The summed E-state index contributed by atoms with van der Waals surface area (Å²) in [5, 5.41) is 20.5. The summed E-state index contributed by atoms with van der Waals surface area (Å²) in [6, 6.07) is -0.625. The van der Waals surface area contributed by atoms with E-state index in [4.69, 9.17) is 10.6 Å². The molecule has 332 valence electrons. The summed E-state index contributed by atoms with van der Waals surface area (Å²) in [6.07, 6.45) is 4.64. The molecule has 6 N–H and O–H groups in total. The molecule has 60 heavy (non-hydrogen) atoms. The van der Waals surface area contributed by atoms with Crippen LogP contribution in [0, 0.1) is 11.8 Å². The first-order valence-electron chi connectivity index (χ1n) is 20.9. The van der Waals surface area contributed by atoms with Crippen molar-refractivity contribution in [1.82, 2.24) is 25.9 Å². The van der Waals surface area contributed by atoms with Crippen LogP contribution in [0.15, 0.2) is 30.3 Å². The molecule has 1 aliphatic carbocycles. The number of likely N-dealkylation sites (N-methyl/N-ethyl adjacent to an activating group) is 1. The maximum Gasteiger partial charge on any atom is 0.339 e. The summed E-state index contributed by atoms with van der Waals surface area (Å²) in [7, 11) is 2.29. The Bertz CT molecular complexity index is 1740. The van der Waals surface area contributed by atoms with Crippen molar-refractivity contribution < 1.29 is 48.3 Å². The van der Waals surface area contributed by atoms with E-state index in [1.54, 1.807) is 36.5 Å². The second-order valence-corrected chi connectivity index (χ2v) is 19.6. The van der Waals surface area contributed by atoms with Crippen molar-refractivity contribution in [3.05, 3.63) is 35.9 Å². The number of benzene rings is 1. The lowest BCUT2D eigenvalue weighted by Crippen LogP contribution is -2.69. The van der Waals surface area contributed by atoms with Gasteiger partial charge in [0.1, 0.15) is 6.04 Å². The molecule has 1 spiro atoms. The SMILES string of the molecule is CCC[C@H](N)C(=O)C(=O)N(C(=O)C1CC2(CN1)SCCCS2)C(C(=O)[C@@H](NC(=O)[C@H](CC(C)C)NC(C)=O)C1CCCCC1)C(=O)C(C(=O)O)(c1ccccc1)N(C)OC. The number of hydrogen-bond acceptors (Lipinski definition) is 14. The first kappa shape index (κ1) is 49.0. The molecule has 1 saturated carbocycles. The van der Waals surface area contributed by atoms with E-state index >= 15 is 14.4 Å². The number of carboxylic acid groups (broad SMARTS) is 1. The van der Waals surface area contributed by atoms with E-state index in [2.05, 4.69) is 16.0 Å². The third-order valence-electron chi connectivity index (χ3n) is 11.6. The summed E-state index contributed by atoms with van der Waals surface area (Å²) in [4.78, 5) is 122. The number of carbonyl (C=O) groups excluding carboxylic acids is 7. The molecule has 2 aliphatic heterocycles. The summed E-state index contributed by atoms with van der Waals surface area (Å²) in [5.74, 6) is -8.62. The number of imide groups is 1. The third-order valence-corrected chi connectivity index (χ3v) is 14.9. The molecule has 6 atom stereocenters. The van der Waals surface area contributed by atoms with Gasteiger partial charge in [0.05, 0.1) is 29.3 Å². The van der Waals surface area contributed by atoms with Gasteiger partial charge in [0.15, 0.2) is 11.8 Å². The van der Waals surface area contributed by atoms with Crippen LogP contribution in [0.2, 0.25) is 0 Å². The van der Waals surface area contributed by atoms with Crippen LogP contribution in [0.1, 0.15) is 97.5 Å². The molecule has 1 aromatic rings. The zero-order chi connectivity index (χ0) is 44.4. The molecule has 4 amide bonds. The molecule has 3 fully saturated rings. The minimum absolute atomic E-state index is 0.0356. The molecular weight excluding hydrogens is 813 g/mol. The van der Waals surface area contributed by atoms with Crippen LogP contribution in [0.3, 0.4) is 0 Å². The van der Waals surface area contributed by atoms with Crippen molar-refractivity contribution in [3.8, 4) is 0 Å². The molecule has 2 saturated heterocycles. The van der Waals surface area contributed by atoms with Gasteiger partial charge in [-0.25, -0.2) is 4.79 Å². The summed E-state index contributed by atoms with van der Waals surface area (Å²) in [6.45, 7) is 7.03. The highest BCUT2D eigenvalue weighted by atomic mass is 32.2. The Morgan fingerprint density at radius 2 is 1.63 bits per heavy atom. The predicted octanol–water partition coefficient (Wildman–Crippen LogP) is 2.56. The van der Waals surface area contributed by atoms with Crippen molar-refractivity contribution >= 4 is 70.5 Å². The Hall–Kier alpha value is -3.68. The first-order valence-corrected chi connectivity index (χ1v) is 22.8. The highest BCUT2D eigenvalue weighted by molar-refractivity contribution is 8.18. The van der Waals surface area contributed by atoms with E-state index in [0.29, 0.717) is 43.5 Å². The van der Waals surface area contributed by atoms with E-state index in [1.807, 2.05) is 13.8 Å². The van der Waals surface area contributed by atoms with Crippen LogP contribution < -0.4 is 21.7 Å². The van der Waals surface area contributed by atoms with Gasteiger partial charge in [-0.3, -0.25) is 38.5 Å². The monoisotopic (exact) mass is 874 g/mol. The zero-order valence-corrected chi connectivity index (χ0v) is 37.2. The Morgan fingerprint density at radius 3 is 2.18 bits per heavy atom. The van der Waals surface area contributed by atoms with E-state index in [0.717, 1.165) is 36.5 Å². The number of rotatable bonds is 20. The van der Waals surface area contributed by atoms with Crippen molar-refractivity contribution in [3.63, 3.8) is 0 Å². The lowest BCUT2D eigenvalue weighted by molar-refractivity contribution is -0.208. The Kier molecular flexibility index (Phi) is 17.9. The number of carboxylic acids is 1. The number of hydrogen-bond donors (Lipinski definition) is 5. The Labute approximate surface area is 360 Å².